The predicted octanol–water partition coefficient (Wildman–Crippen LogP) is -3.45. The molecule has 1 aliphatic heterocycles. The summed E-state index contributed by atoms with van der Waals surface area (Å²) in [5, 5.41) is 45.4. The van der Waals surface area contributed by atoms with Gasteiger partial charge in [0, 0.05) is 0 Å². The fourth-order valence-electron chi connectivity index (χ4n) is 1.28. The average molecular weight is 248 g/mol. The van der Waals surface area contributed by atoms with Gasteiger partial charge < -0.3 is 30.9 Å². The van der Waals surface area contributed by atoms with Crippen LogP contribution in [0.2, 0.25) is 0 Å². The van der Waals surface area contributed by atoms with Crippen molar-refractivity contribution in [1.29, 1.82) is 0 Å². The highest BCUT2D eigenvalue weighted by atomic mass is 16.6. The Bertz CT molecular complexity index is 276. The summed E-state index contributed by atoms with van der Waals surface area (Å²) in [4.78, 5) is 0. The molecule has 5 atom stereocenters. The van der Waals surface area contributed by atoms with Gasteiger partial charge >= 0.3 is 0 Å². The molecule has 7 N–H and O–H groups in total. The third kappa shape index (κ3) is 3.70. The molecule has 2 rings (SSSR count). The van der Waals surface area contributed by atoms with Gasteiger partial charge in [-0.15, -0.1) is 0 Å². The molecular formula is C8H16N4O5. The largest absolute Gasteiger partial charge is 0.394 e. The standard InChI is InChI=1S/C6H13NO5.C2H3N3/c7-3-5(10)4(9)2(1-8)12-6(3)11;1-2-4-5-3-1/h2-6,8-11H,1,7H2;1-2H,(H,3,4,5)/t2-,3-,4-,5-,6?;/m1./s1. The van der Waals surface area contributed by atoms with Crippen LogP contribution in [0, 0.1) is 0 Å². The van der Waals surface area contributed by atoms with E-state index in [0.29, 0.717) is 0 Å². The third-order valence-corrected chi connectivity index (χ3v) is 2.28. The first-order valence-corrected chi connectivity index (χ1v) is 4.93. The summed E-state index contributed by atoms with van der Waals surface area (Å²) in [6, 6.07) is -1.04. The smallest absolute Gasteiger partial charge is 0.173 e. The van der Waals surface area contributed by atoms with Crippen molar-refractivity contribution in [3.8, 4) is 0 Å². The normalized spacial score (nSPS) is 37.1. The number of hydrogen-bond donors (Lipinski definition) is 6. The Morgan fingerprint density at radius 2 is 1.76 bits per heavy atom. The lowest BCUT2D eigenvalue weighted by Gasteiger charge is -2.38. The summed E-state index contributed by atoms with van der Waals surface area (Å²) in [6.45, 7) is -0.470. The minimum absolute atomic E-state index is 0.470. The number of aliphatic hydroxyl groups excluding tert-OH is 4. The zero-order valence-corrected chi connectivity index (χ0v) is 8.92. The molecule has 1 unspecified atom stereocenters. The van der Waals surface area contributed by atoms with Gasteiger partial charge in [-0.25, -0.2) is 0 Å². The minimum atomic E-state index is -1.35. The van der Waals surface area contributed by atoms with Crippen LogP contribution in [0.1, 0.15) is 0 Å². The van der Waals surface area contributed by atoms with Gasteiger partial charge in [0.1, 0.15) is 18.3 Å². The Morgan fingerprint density at radius 1 is 1.18 bits per heavy atom. The molecular weight excluding hydrogens is 232 g/mol. The molecule has 0 aromatic carbocycles. The molecule has 0 spiro atoms. The van der Waals surface area contributed by atoms with E-state index < -0.39 is 37.3 Å². The summed E-state index contributed by atoms with van der Waals surface area (Å²) in [5.41, 5.74) is 5.26. The monoisotopic (exact) mass is 248 g/mol. The fraction of sp³-hybridized carbons (Fsp3) is 0.750. The Hall–Kier alpha value is -1.10. The second-order valence-electron chi connectivity index (χ2n) is 3.46. The highest BCUT2D eigenvalue weighted by Gasteiger charge is 2.41. The Kier molecular flexibility index (Phi) is 5.41. The van der Waals surface area contributed by atoms with E-state index in [1.54, 1.807) is 12.4 Å². The fourth-order valence-corrected chi connectivity index (χ4v) is 1.28. The van der Waals surface area contributed by atoms with E-state index in [0.717, 1.165) is 0 Å². The minimum Gasteiger partial charge on any atom is -0.394 e. The molecule has 1 aromatic heterocycles. The van der Waals surface area contributed by atoms with Crippen molar-refractivity contribution in [3.63, 3.8) is 0 Å². The summed E-state index contributed by atoms with van der Waals surface area (Å²) in [5.74, 6) is 0. The maximum absolute atomic E-state index is 9.20. The van der Waals surface area contributed by atoms with E-state index in [1.165, 1.54) is 0 Å². The number of ether oxygens (including phenoxy) is 1. The van der Waals surface area contributed by atoms with Crippen molar-refractivity contribution >= 4 is 0 Å². The zero-order valence-electron chi connectivity index (χ0n) is 8.92. The van der Waals surface area contributed by atoms with Crippen molar-refractivity contribution in [2.75, 3.05) is 6.61 Å². The van der Waals surface area contributed by atoms with Gasteiger partial charge in [-0.2, -0.15) is 15.4 Å². The highest BCUT2D eigenvalue weighted by Crippen LogP contribution is 2.17. The van der Waals surface area contributed by atoms with Crippen LogP contribution < -0.4 is 5.73 Å². The van der Waals surface area contributed by atoms with E-state index in [-0.39, 0.29) is 0 Å². The summed E-state index contributed by atoms with van der Waals surface area (Å²) >= 11 is 0. The second-order valence-corrected chi connectivity index (χ2v) is 3.46. The number of H-pyrrole nitrogens is 1. The Balaban J connectivity index is 0.000000239. The van der Waals surface area contributed by atoms with Gasteiger partial charge in [-0.05, 0) is 0 Å². The van der Waals surface area contributed by atoms with Crippen LogP contribution in [-0.4, -0.2) is 73.1 Å². The topological polar surface area (TPSA) is 158 Å². The Labute approximate surface area is 96.8 Å². The SMILES string of the molecule is N[C@H]1C(O)O[C@H](CO)[C@@H](O)[C@@H]1O.c1cn[nH]n1. The molecule has 1 saturated heterocycles. The molecule has 0 radical (unpaired) electrons. The first-order valence-electron chi connectivity index (χ1n) is 4.93. The molecule has 0 amide bonds. The van der Waals surface area contributed by atoms with Gasteiger partial charge in [0.2, 0.25) is 0 Å². The van der Waals surface area contributed by atoms with Crippen LogP contribution in [0.25, 0.3) is 0 Å². The number of rotatable bonds is 1. The first kappa shape index (κ1) is 14.0. The van der Waals surface area contributed by atoms with Crippen LogP contribution in [0.15, 0.2) is 12.4 Å². The molecule has 2 heterocycles. The number of nitrogens with one attached hydrogen (secondary N) is 1. The van der Waals surface area contributed by atoms with Gasteiger partial charge in [-0.3, -0.25) is 0 Å². The third-order valence-electron chi connectivity index (χ3n) is 2.28. The van der Waals surface area contributed by atoms with E-state index in [2.05, 4.69) is 15.4 Å². The highest BCUT2D eigenvalue weighted by molar-refractivity contribution is 4.90. The summed E-state index contributed by atoms with van der Waals surface area (Å²) in [7, 11) is 0. The molecule has 9 heteroatoms. The molecule has 98 valence electrons. The van der Waals surface area contributed by atoms with Crippen molar-refractivity contribution in [2.24, 2.45) is 5.73 Å². The second kappa shape index (κ2) is 6.59. The molecule has 9 nitrogen and oxygen atoms in total. The summed E-state index contributed by atoms with van der Waals surface area (Å²) < 4.78 is 4.70. The lowest BCUT2D eigenvalue weighted by Crippen LogP contribution is -2.61. The van der Waals surface area contributed by atoms with Crippen molar-refractivity contribution in [3.05, 3.63) is 12.4 Å². The quantitative estimate of drug-likeness (QED) is 0.299. The van der Waals surface area contributed by atoms with Crippen molar-refractivity contribution in [2.45, 2.75) is 30.6 Å². The van der Waals surface area contributed by atoms with Crippen LogP contribution in [0.3, 0.4) is 0 Å². The molecule has 0 saturated carbocycles. The van der Waals surface area contributed by atoms with Crippen molar-refractivity contribution < 1.29 is 25.2 Å². The molecule has 1 aromatic rings. The first-order chi connectivity index (χ1) is 8.07. The predicted molar refractivity (Wildman–Crippen MR) is 54.3 cm³/mol. The number of aliphatic hydroxyl groups is 4. The maximum Gasteiger partial charge on any atom is 0.173 e. The van der Waals surface area contributed by atoms with Gasteiger partial charge in [0.05, 0.1) is 25.0 Å². The average Bonchev–Trinajstić information content (AvgIpc) is 2.90. The maximum atomic E-state index is 9.20. The molecule has 1 fully saturated rings. The van der Waals surface area contributed by atoms with Gasteiger partial charge in [0.25, 0.3) is 0 Å². The molecule has 1 aliphatic rings. The van der Waals surface area contributed by atoms with E-state index >= 15 is 0 Å². The van der Waals surface area contributed by atoms with Crippen LogP contribution in [0.4, 0.5) is 0 Å². The van der Waals surface area contributed by atoms with Crippen LogP contribution >= 0.6 is 0 Å². The molecule has 17 heavy (non-hydrogen) atoms. The summed E-state index contributed by atoms with van der Waals surface area (Å²) in [6.07, 6.45) is -1.69. The zero-order chi connectivity index (χ0) is 12.8. The number of hydrogen-bond acceptors (Lipinski definition) is 8. The number of aromatic nitrogens is 3. The van der Waals surface area contributed by atoms with Gasteiger partial charge in [0.15, 0.2) is 6.29 Å². The van der Waals surface area contributed by atoms with E-state index in [1.807, 2.05) is 0 Å². The number of nitrogens with two attached hydrogens (primary N) is 1. The molecule has 0 bridgehead atoms. The Morgan fingerprint density at radius 3 is 2.18 bits per heavy atom. The van der Waals surface area contributed by atoms with E-state index in [9.17, 15) is 10.2 Å². The number of aromatic amines is 1. The van der Waals surface area contributed by atoms with Crippen LogP contribution in [-0.2, 0) is 4.74 Å². The lowest BCUT2D eigenvalue weighted by atomic mass is 9.98. The van der Waals surface area contributed by atoms with E-state index in [4.69, 9.17) is 20.7 Å². The van der Waals surface area contributed by atoms with Crippen molar-refractivity contribution in [1.82, 2.24) is 15.4 Å². The van der Waals surface area contributed by atoms with Crippen LogP contribution in [0.5, 0.6) is 0 Å². The van der Waals surface area contributed by atoms with Gasteiger partial charge in [-0.1, -0.05) is 0 Å². The molecule has 0 aliphatic carbocycles. The lowest BCUT2D eigenvalue weighted by molar-refractivity contribution is -0.248. The number of nitrogens with zero attached hydrogens (tertiary/aromatic N) is 2.